The van der Waals surface area contributed by atoms with Crippen LogP contribution in [0.4, 0.5) is 5.69 Å². The van der Waals surface area contributed by atoms with Crippen LogP contribution < -0.4 is 10.1 Å². The van der Waals surface area contributed by atoms with Crippen LogP contribution in [0.15, 0.2) is 89.5 Å². The van der Waals surface area contributed by atoms with E-state index in [-0.39, 0.29) is 12.3 Å². The average Bonchev–Trinajstić information content (AvgIpc) is 3.25. The van der Waals surface area contributed by atoms with Gasteiger partial charge in [-0.05, 0) is 30.3 Å². The topological polar surface area (TPSA) is 64.4 Å². The van der Waals surface area contributed by atoms with E-state index < -0.39 is 0 Å². The van der Waals surface area contributed by atoms with Gasteiger partial charge in [0.15, 0.2) is 17.4 Å². The molecule has 1 aromatic heterocycles. The van der Waals surface area contributed by atoms with Crippen LogP contribution in [0.25, 0.3) is 11.3 Å². The van der Waals surface area contributed by atoms with Crippen LogP contribution in [0.1, 0.15) is 12.3 Å². The minimum absolute atomic E-state index is 0.186. The molecule has 4 rings (SSSR count). The molecule has 30 heavy (non-hydrogen) atoms. The molecule has 0 saturated heterocycles. The van der Waals surface area contributed by atoms with E-state index in [0.717, 1.165) is 5.56 Å². The average molecular weight is 419 g/mol. The van der Waals surface area contributed by atoms with Gasteiger partial charge in [0.25, 0.3) is 0 Å². The molecule has 1 N–H and O–H groups in total. The van der Waals surface area contributed by atoms with Crippen molar-refractivity contribution in [2.24, 2.45) is 0 Å². The lowest BCUT2D eigenvalue weighted by molar-refractivity contribution is -0.116. The molecule has 0 saturated carbocycles. The van der Waals surface area contributed by atoms with E-state index in [4.69, 9.17) is 20.8 Å². The number of carbonyl (C=O) groups excluding carboxylic acids is 1. The highest BCUT2D eigenvalue weighted by molar-refractivity contribution is 6.31. The number of para-hydroxylation sites is 1. The van der Waals surface area contributed by atoms with Crippen molar-refractivity contribution in [3.63, 3.8) is 0 Å². The summed E-state index contributed by atoms with van der Waals surface area (Å²) in [7, 11) is 0. The molecule has 0 bridgehead atoms. The number of aromatic nitrogens is 1. The molecule has 0 fully saturated rings. The summed E-state index contributed by atoms with van der Waals surface area (Å²) in [6, 6.07) is 24.2. The van der Waals surface area contributed by atoms with Crippen LogP contribution in [-0.2, 0) is 11.2 Å². The van der Waals surface area contributed by atoms with E-state index in [2.05, 4.69) is 10.3 Å². The van der Waals surface area contributed by atoms with Gasteiger partial charge >= 0.3 is 0 Å². The third-order valence-electron chi connectivity index (χ3n) is 4.36. The van der Waals surface area contributed by atoms with Crippen LogP contribution in [0.2, 0.25) is 5.02 Å². The molecule has 0 aliphatic rings. The molecule has 0 atom stereocenters. The Morgan fingerprint density at radius 1 is 1.00 bits per heavy atom. The maximum Gasteiger partial charge on any atom is 0.224 e. The summed E-state index contributed by atoms with van der Waals surface area (Å²) >= 11 is 6.11. The number of aryl methyl sites for hydroxylation is 1. The second-order valence-corrected chi connectivity index (χ2v) is 7.02. The van der Waals surface area contributed by atoms with Crippen LogP contribution in [0.5, 0.6) is 11.5 Å². The number of ether oxygens (including phenoxy) is 1. The van der Waals surface area contributed by atoms with Gasteiger partial charge in [0.1, 0.15) is 5.75 Å². The van der Waals surface area contributed by atoms with Gasteiger partial charge in [-0.15, -0.1) is 0 Å². The van der Waals surface area contributed by atoms with E-state index >= 15 is 0 Å². The lowest BCUT2D eigenvalue weighted by Gasteiger charge is -2.12. The zero-order valence-electron chi connectivity index (χ0n) is 16.0. The summed E-state index contributed by atoms with van der Waals surface area (Å²) in [6.07, 6.45) is 2.27. The lowest BCUT2D eigenvalue weighted by atomic mass is 10.2. The van der Waals surface area contributed by atoms with Crippen LogP contribution >= 0.6 is 11.6 Å². The fourth-order valence-corrected chi connectivity index (χ4v) is 3.07. The van der Waals surface area contributed by atoms with E-state index in [1.807, 2.05) is 60.7 Å². The first kappa shape index (κ1) is 19.7. The van der Waals surface area contributed by atoms with E-state index in [1.165, 1.54) is 0 Å². The lowest BCUT2D eigenvalue weighted by Crippen LogP contribution is -2.13. The largest absolute Gasteiger partial charge is 0.455 e. The van der Waals surface area contributed by atoms with Crippen molar-refractivity contribution in [3.05, 3.63) is 96.0 Å². The fourth-order valence-electron chi connectivity index (χ4n) is 2.90. The van der Waals surface area contributed by atoms with Crippen molar-refractivity contribution in [2.75, 3.05) is 5.32 Å². The Labute approximate surface area is 179 Å². The number of benzene rings is 3. The summed E-state index contributed by atoms with van der Waals surface area (Å²) in [5, 5.41) is 3.37. The molecule has 1 amide bonds. The van der Waals surface area contributed by atoms with Gasteiger partial charge in [-0.3, -0.25) is 4.79 Å². The Morgan fingerprint density at radius 2 is 1.73 bits per heavy atom. The van der Waals surface area contributed by atoms with Crippen molar-refractivity contribution in [2.45, 2.75) is 12.8 Å². The number of oxazole rings is 1. The fraction of sp³-hybridized carbons (Fsp3) is 0.0833. The number of hydrogen-bond acceptors (Lipinski definition) is 4. The first-order valence-electron chi connectivity index (χ1n) is 9.50. The molecular formula is C24H19ClN2O3. The number of hydrogen-bond donors (Lipinski definition) is 1. The van der Waals surface area contributed by atoms with Gasteiger partial charge in [-0.2, -0.15) is 0 Å². The second-order valence-electron chi connectivity index (χ2n) is 6.59. The number of amides is 1. The van der Waals surface area contributed by atoms with Gasteiger partial charge in [-0.25, -0.2) is 4.98 Å². The second kappa shape index (κ2) is 9.29. The number of rotatable bonds is 7. The Hall–Kier alpha value is -3.57. The highest BCUT2D eigenvalue weighted by Gasteiger charge is 2.12. The zero-order valence-corrected chi connectivity index (χ0v) is 16.8. The monoisotopic (exact) mass is 418 g/mol. The maximum absolute atomic E-state index is 12.5. The summed E-state index contributed by atoms with van der Waals surface area (Å²) in [4.78, 5) is 16.8. The third-order valence-corrected chi connectivity index (χ3v) is 4.60. The molecule has 0 unspecified atom stereocenters. The first-order valence-corrected chi connectivity index (χ1v) is 9.87. The van der Waals surface area contributed by atoms with Crippen molar-refractivity contribution >= 4 is 23.2 Å². The normalized spacial score (nSPS) is 10.6. The van der Waals surface area contributed by atoms with Crippen molar-refractivity contribution in [1.29, 1.82) is 0 Å². The van der Waals surface area contributed by atoms with Gasteiger partial charge in [0, 0.05) is 23.4 Å². The Balaban J connectivity index is 1.40. The van der Waals surface area contributed by atoms with E-state index in [1.54, 1.807) is 24.4 Å². The molecule has 1 heterocycles. The number of nitrogens with one attached hydrogen (secondary N) is 1. The minimum Gasteiger partial charge on any atom is -0.455 e. The molecule has 0 spiro atoms. The van der Waals surface area contributed by atoms with Gasteiger partial charge in [-0.1, -0.05) is 60.1 Å². The van der Waals surface area contributed by atoms with Crippen molar-refractivity contribution < 1.29 is 13.9 Å². The molecule has 5 nitrogen and oxygen atoms in total. The van der Waals surface area contributed by atoms with Crippen LogP contribution in [0, 0.1) is 0 Å². The van der Waals surface area contributed by atoms with Crippen molar-refractivity contribution in [1.82, 2.24) is 4.98 Å². The summed E-state index contributed by atoms with van der Waals surface area (Å²) in [5.41, 5.74) is 1.45. The Morgan fingerprint density at radius 3 is 2.50 bits per heavy atom. The molecule has 6 heteroatoms. The van der Waals surface area contributed by atoms with Gasteiger partial charge in [0.2, 0.25) is 5.91 Å². The first-order chi connectivity index (χ1) is 14.7. The van der Waals surface area contributed by atoms with Crippen molar-refractivity contribution in [3.8, 4) is 22.8 Å². The minimum atomic E-state index is -0.186. The highest BCUT2D eigenvalue weighted by Crippen LogP contribution is 2.32. The number of halogens is 1. The molecule has 150 valence electrons. The van der Waals surface area contributed by atoms with E-state index in [9.17, 15) is 4.79 Å². The predicted octanol–water partition coefficient (Wildman–Crippen LogP) is 6.36. The third kappa shape index (κ3) is 5.07. The highest BCUT2D eigenvalue weighted by atomic mass is 35.5. The molecular weight excluding hydrogens is 400 g/mol. The molecule has 3 aromatic carbocycles. The number of carbonyl (C=O) groups is 1. The maximum atomic E-state index is 12.5. The smallest absolute Gasteiger partial charge is 0.224 e. The van der Waals surface area contributed by atoms with Crippen LogP contribution in [0.3, 0.4) is 0 Å². The standard InChI is InChI=1S/C24H19ClN2O3/c25-18-11-12-21(29-19-9-5-2-6-10-19)20(15-18)27-23(28)13-14-24-26-16-22(30-24)17-7-3-1-4-8-17/h1-12,15-16H,13-14H2,(H,27,28). The van der Waals surface area contributed by atoms with E-state index in [0.29, 0.717) is 40.3 Å². The quantitative estimate of drug-likeness (QED) is 0.379. The molecule has 0 aliphatic carbocycles. The molecule has 0 aliphatic heterocycles. The predicted molar refractivity (Wildman–Crippen MR) is 117 cm³/mol. The molecule has 4 aromatic rings. The Kier molecular flexibility index (Phi) is 6.11. The van der Waals surface area contributed by atoms with Gasteiger partial charge < -0.3 is 14.5 Å². The summed E-state index contributed by atoms with van der Waals surface area (Å²) in [6.45, 7) is 0. The number of nitrogens with zero attached hydrogens (tertiary/aromatic N) is 1. The summed E-state index contributed by atoms with van der Waals surface area (Å²) < 4.78 is 11.6. The summed E-state index contributed by atoms with van der Waals surface area (Å²) in [5.74, 6) is 2.19. The molecule has 0 radical (unpaired) electrons. The van der Waals surface area contributed by atoms with Gasteiger partial charge in [0.05, 0.1) is 11.9 Å². The zero-order chi connectivity index (χ0) is 20.8. The number of anilines is 1. The Bertz CT molecular complexity index is 1130. The van der Waals surface area contributed by atoms with Crippen LogP contribution in [-0.4, -0.2) is 10.9 Å². The SMILES string of the molecule is O=C(CCc1ncc(-c2ccccc2)o1)Nc1cc(Cl)ccc1Oc1ccccc1.